The van der Waals surface area contributed by atoms with Crippen molar-refractivity contribution in [2.75, 3.05) is 18.1 Å². The molecule has 0 saturated heterocycles. The van der Waals surface area contributed by atoms with Crippen LogP contribution in [0.5, 0.6) is 0 Å². The molecule has 2 rings (SSSR count). The number of nitrogens with two attached hydrogens (primary N) is 1. The lowest BCUT2D eigenvalue weighted by atomic mass is 9.91. The van der Waals surface area contributed by atoms with Gasteiger partial charge in [-0.25, -0.2) is 9.97 Å². The van der Waals surface area contributed by atoms with Crippen LogP contribution in [-0.4, -0.2) is 34.3 Å². The van der Waals surface area contributed by atoms with E-state index < -0.39 is 0 Å². The summed E-state index contributed by atoms with van der Waals surface area (Å²) >= 11 is 0. The van der Waals surface area contributed by atoms with E-state index >= 15 is 0 Å². The number of nitrogens with zero attached hydrogens (tertiary/aromatic N) is 3. The molecule has 1 fully saturated rings. The van der Waals surface area contributed by atoms with Crippen LogP contribution in [0.15, 0.2) is 12.4 Å². The second-order valence-corrected chi connectivity index (χ2v) is 4.45. The van der Waals surface area contributed by atoms with Crippen LogP contribution in [0.1, 0.15) is 31.2 Å². The molecule has 5 nitrogen and oxygen atoms in total. The van der Waals surface area contributed by atoms with Crippen LogP contribution in [0.25, 0.3) is 0 Å². The van der Waals surface area contributed by atoms with Gasteiger partial charge in [0.2, 0.25) is 5.95 Å². The molecular formula is C12H20N4O. The number of hydrogen-bond acceptors (Lipinski definition) is 5. The summed E-state index contributed by atoms with van der Waals surface area (Å²) in [6.07, 6.45) is 8.01. The van der Waals surface area contributed by atoms with Crippen molar-refractivity contribution in [3.05, 3.63) is 18.0 Å². The molecule has 1 heterocycles. The minimum atomic E-state index is 0.212. The van der Waals surface area contributed by atoms with E-state index in [0.717, 1.165) is 24.5 Å². The van der Waals surface area contributed by atoms with Crippen LogP contribution in [0.2, 0.25) is 0 Å². The Morgan fingerprint density at radius 2 is 2.06 bits per heavy atom. The van der Waals surface area contributed by atoms with Crippen LogP contribution in [0.4, 0.5) is 5.95 Å². The summed E-state index contributed by atoms with van der Waals surface area (Å²) in [6.45, 7) is 1.51. The first-order valence-electron chi connectivity index (χ1n) is 6.23. The zero-order valence-electron chi connectivity index (χ0n) is 10.0. The van der Waals surface area contributed by atoms with Gasteiger partial charge in [-0.1, -0.05) is 0 Å². The van der Waals surface area contributed by atoms with Crippen LogP contribution in [0, 0.1) is 0 Å². The number of aromatic nitrogens is 2. The van der Waals surface area contributed by atoms with E-state index in [-0.39, 0.29) is 6.61 Å². The molecule has 0 aromatic carbocycles. The van der Waals surface area contributed by atoms with Crippen molar-refractivity contribution in [1.82, 2.24) is 9.97 Å². The number of aliphatic hydroxyl groups excluding tert-OH is 1. The molecule has 0 aliphatic heterocycles. The molecule has 0 radical (unpaired) electrons. The van der Waals surface area contributed by atoms with Gasteiger partial charge in [-0.3, -0.25) is 0 Å². The molecule has 3 N–H and O–H groups in total. The highest BCUT2D eigenvalue weighted by molar-refractivity contribution is 5.32. The number of anilines is 1. The molecule has 0 amide bonds. The largest absolute Gasteiger partial charge is 0.396 e. The average Bonchev–Trinajstić information content (AvgIpc) is 2.32. The van der Waals surface area contributed by atoms with Crippen molar-refractivity contribution < 1.29 is 5.11 Å². The smallest absolute Gasteiger partial charge is 0.225 e. The van der Waals surface area contributed by atoms with Gasteiger partial charge in [-0.05, 0) is 25.7 Å². The first-order valence-corrected chi connectivity index (χ1v) is 6.23. The third kappa shape index (κ3) is 2.92. The van der Waals surface area contributed by atoms with Crippen LogP contribution in [0.3, 0.4) is 0 Å². The zero-order chi connectivity index (χ0) is 12.1. The van der Waals surface area contributed by atoms with Gasteiger partial charge in [0.15, 0.2) is 0 Å². The predicted molar refractivity (Wildman–Crippen MR) is 66.6 cm³/mol. The van der Waals surface area contributed by atoms with E-state index in [9.17, 15) is 0 Å². The Bertz CT molecular complexity index is 337. The van der Waals surface area contributed by atoms with Crippen LogP contribution in [-0.2, 0) is 6.54 Å². The van der Waals surface area contributed by atoms with Crippen molar-refractivity contribution in [2.45, 2.75) is 38.3 Å². The van der Waals surface area contributed by atoms with Crippen molar-refractivity contribution in [3.8, 4) is 0 Å². The lowest BCUT2D eigenvalue weighted by molar-refractivity contribution is 0.282. The summed E-state index contributed by atoms with van der Waals surface area (Å²) in [6, 6.07) is 0.547. The molecular weight excluding hydrogens is 216 g/mol. The monoisotopic (exact) mass is 236 g/mol. The molecule has 1 aromatic rings. The van der Waals surface area contributed by atoms with Gasteiger partial charge in [0.05, 0.1) is 0 Å². The highest BCUT2D eigenvalue weighted by Crippen LogP contribution is 2.27. The Balaban J connectivity index is 2.06. The first kappa shape index (κ1) is 12.3. The minimum absolute atomic E-state index is 0.212. The zero-order valence-corrected chi connectivity index (χ0v) is 10.0. The standard InChI is InChI=1S/C12H20N4O/c13-7-10-8-14-12(15-9-10)16(5-2-6-17)11-3-1-4-11/h8-9,11,17H,1-7,13H2. The fraction of sp³-hybridized carbons (Fsp3) is 0.667. The Morgan fingerprint density at radius 1 is 1.35 bits per heavy atom. The highest BCUT2D eigenvalue weighted by Gasteiger charge is 2.26. The fourth-order valence-electron chi connectivity index (χ4n) is 1.99. The molecule has 1 aliphatic rings. The Hall–Kier alpha value is -1.20. The Labute approximate surface area is 102 Å². The third-order valence-electron chi connectivity index (χ3n) is 3.26. The predicted octanol–water partition coefficient (Wildman–Crippen LogP) is 0.677. The van der Waals surface area contributed by atoms with Gasteiger partial charge in [0.1, 0.15) is 0 Å². The third-order valence-corrected chi connectivity index (χ3v) is 3.26. The van der Waals surface area contributed by atoms with Crippen molar-refractivity contribution in [2.24, 2.45) is 5.73 Å². The summed E-state index contributed by atoms with van der Waals surface area (Å²) < 4.78 is 0. The summed E-state index contributed by atoms with van der Waals surface area (Å²) in [5.41, 5.74) is 6.48. The molecule has 0 spiro atoms. The maximum Gasteiger partial charge on any atom is 0.225 e. The quantitative estimate of drug-likeness (QED) is 0.759. The van der Waals surface area contributed by atoms with Crippen LogP contribution >= 0.6 is 0 Å². The van der Waals surface area contributed by atoms with Gasteiger partial charge in [-0.15, -0.1) is 0 Å². The highest BCUT2D eigenvalue weighted by atomic mass is 16.3. The first-order chi connectivity index (χ1) is 8.35. The topological polar surface area (TPSA) is 75.3 Å². The van der Waals surface area contributed by atoms with E-state index in [1.165, 1.54) is 19.3 Å². The van der Waals surface area contributed by atoms with E-state index in [1.807, 2.05) is 0 Å². The Kier molecular flexibility index (Phi) is 4.28. The molecule has 1 saturated carbocycles. The second kappa shape index (κ2) is 5.93. The molecule has 17 heavy (non-hydrogen) atoms. The normalized spacial score (nSPS) is 15.6. The Morgan fingerprint density at radius 3 is 2.53 bits per heavy atom. The molecule has 0 bridgehead atoms. The van der Waals surface area contributed by atoms with Gasteiger partial charge in [0.25, 0.3) is 0 Å². The van der Waals surface area contributed by atoms with Crippen molar-refractivity contribution in [1.29, 1.82) is 0 Å². The van der Waals surface area contributed by atoms with E-state index in [1.54, 1.807) is 12.4 Å². The van der Waals surface area contributed by atoms with E-state index in [0.29, 0.717) is 12.6 Å². The molecule has 0 atom stereocenters. The minimum Gasteiger partial charge on any atom is -0.396 e. The molecule has 0 unspecified atom stereocenters. The SMILES string of the molecule is NCc1cnc(N(CCCO)C2CCC2)nc1. The van der Waals surface area contributed by atoms with Gasteiger partial charge < -0.3 is 15.7 Å². The molecule has 1 aliphatic carbocycles. The summed E-state index contributed by atoms with van der Waals surface area (Å²) in [7, 11) is 0. The number of hydrogen-bond donors (Lipinski definition) is 2. The molecule has 94 valence electrons. The van der Waals surface area contributed by atoms with E-state index in [2.05, 4.69) is 14.9 Å². The lowest BCUT2D eigenvalue weighted by Crippen LogP contribution is -2.42. The maximum atomic E-state index is 8.93. The van der Waals surface area contributed by atoms with Crippen LogP contribution < -0.4 is 10.6 Å². The number of rotatable bonds is 6. The van der Waals surface area contributed by atoms with Gasteiger partial charge in [0, 0.05) is 43.7 Å². The van der Waals surface area contributed by atoms with Gasteiger partial charge >= 0.3 is 0 Å². The average molecular weight is 236 g/mol. The van der Waals surface area contributed by atoms with Gasteiger partial charge in [-0.2, -0.15) is 0 Å². The van der Waals surface area contributed by atoms with E-state index in [4.69, 9.17) is 10.8 Å². The summed E-state index contributed by atoms with van der Waals surface area (Å²) in [4.78, 5) is 10.9. The maximum absolute atomic E-state index is 8.93. The second-order valence-electron chi connectivity index (χ2n) is 4.45. The molecule has 5 heteroatoms. The summed E-state index contributed by atoms with van der Waals surface area (Å²) in [5, 5.41) is 8.93. The number of aliphatic hydroxyl groups is 1. The van der Waals surface area contributed by atoms with Crippen molar-refractivity contribution >= 4 is 5.95 Å². The summed E-state index contributed by atoms with van der Waals surface area (Å²) in [5.74, 6) is 0.764. The molecule has 1 aromatic heterocycles. The van der Waals surface area contributed by atoms with Crippen molar-refractivity contribution in [3.63, 3.8) is 0 Å². The lowest BCUT2D eigenvalue weighted by Gasteiger charge is -2.37. The fourth-order valence-corrected chi connectivity index (χ4v) is 1.99.